The summed E-state index contributed by atoms with van der Waals surface area (Å²) in [6.07, 6.45) is 7.21. The van der Waals surface area contributed by atoms with Crippen LogP contribution in [0.1, 0.15) is 59.8 Å². The van der Waals surface area contributed by atoms with Crippen molar-refractivity contribution in [2.45, 2.75) is 59.8 Å². The van der Waals surface area contributed by atoms with Gasteiger partial charge in [0.15, 0.2) is 0 Å². The Bertz CT molecular complexity index is 135. The number of hydrogen-bond acceptors (Lipinski definition) is 0. The zero-order valence-electron chi connectivity index (χ0n) is 9.19. The van der Waals surface area contributed by atoms with Crippen molar-refractivity contribution in [1.29, 1.82) is 0 Å². The average Bonchev–Trinajstić information content (AvgIpc) is 1.82. The summed E-state index contributed by atoms with van der Waals surface area (Å²) in [5.74, 6) is 1.99. The van der Waals surface area contributed by atoms with E-state index >= 15 is 0 Å². The summed E-state index contributed by atoms with van der Waals surface area (Å²) in [6, 6.07) is 0. The van der Waals surface area contributed by atoms with Crippen LogP contribution in [0.3, 0.4) is 0 Å². The van der Waals surface area contributed by atoms with E-state index in [-0.39, 0.29) is 0 Å². The zero-order valence-corrected chi connectivity index (χ0v) is 9.19. The van der Waals surface area contributed by atoms with Crippen LogP contribution in [0.15, 0.2) is 0 Å². The van der Waals surface area contributed by atoms with Gasteiger partial charge in [-0.3, -0.25) is 0 Å². The maximum absolute atomic E-state index is 2.44. The topological polar surface area (TPSA) is 0 Å². The molecular weight excluding hydrogens is 144 g/mol. The third-order valence-electron chi connectivity index (χ3n) is 3.17. The lowest BCUT2D eigenvalue weighted by molar-refractivity contribution is 0.127. The Hall–Kier alpha value is 0. The van der Waals surface area contributed by atoms with E-state index in [9.17, 15) is 0 Å². The van der Waals surface area contributed by atoms with Gasteiger partial charge in [-0.25, -0.2) is 0 Å². The van der Waals surface area contributed by atoms with Gasteiger partial charge in [0.2, 0.25) is 0 Å². The quantitative estimate of drug-likeness (QED) is 0.578. The van der Waals surface area contributed by atoms with E-state index in [2.05, 4.69) is 27.7 Å². The molecule has 0 N–H and O–H groups in total. The maximum atomic E-state index is 2.44. The lowest BCUT2D eigenvalue weighted by Gasteiger charge is -2.39. The van der Waals surface area contributed by atoms with Gasteiger partial charge in [0.1, 0.15) is 0 Å². The largest absolute Gasteiger partial charge is 0.0654 e. The van der Waals surface area contributed by atoms with E-state index < -0.39 is 0 Å². The summed E-state index contributed by atoms with van der Waals surface area (Å²) in [6.45, 7) is 9.60. The van der Waals surface area contributed by atoms with Crippen molar-refractivity contribution in [2.75, 3.05) is 0 Å². The molecule has 0 aromatic carbocycles. The molecule has 1 aliphatic carbocycles. The molecule has 2 atom stereocenters. The summed E-state index contributed by atoms with van der Waals surface area (Å²) in [4.78, 5) is 0. The van der Waals surface area contributed by atoms with E-state index in [1.165, 1.54) is 32.1 Å². The molecule has 0 amide bonds. The lowest BCUT2D eigenvalue weighted by Crippen LogP contribution is -2.27. The monoisotopic (exact) mass is 168 g/mol. The molecule has 1 rings (SSSR count). The molecule has 1 fully saturated rings. The Morgan fingerprint density at radius 1 is 1.25 bits per heavy atom. The SMILES string of the molecule is CCC[C@H]1C[C@@H](C)CC(C)(C)C1. The third kappa shape index (κ3) is 2.80. The lowest BCUT2D eigenvalue weighted by atomic mass is 9.67. The molecule has 0 unspecified atom stereocenters. The minimum Gasteiger partial charge on any atom is -0.0654 e. The summed E-state index contributed by atoms with van der Waals surface area (Å²) in [7, 11) is 0. The molecule has 0 heterocycles. The molecule has 72 valence electrons. The van der Waals surface area contributed by atoms with Gasteiger partial charge in [0, 0.05) is 0 Å². The van der Waals surface area contributed by atoms with Crippen LogP contribution in [-0.4, -0.2) is 0 Å². The van der Waals surface area contributed by atoms with Gasteiger partial charge in [-0.15, -0.1) is 0 Å². The first-order chi connectivity index (χ1) is 5.53. The molecule has 0 nitrogen and oxygen atoms in total. The van der Waals surface area contributed by atoms with Crippen LogP contribution in [0.2, 0.25) is 0 Å². The second kappa shape index (κ2) is 3.81. The average molecular weight is 168 g/mol. The van der Waals surface area contributed by atoms with Crippen molar-refractivity contribution in [3.8, 4) is 0 Å². The number of rotatable bonds is 2. The molecule has 0 bridgehead atoms. The van der Waals surface area contributed by atoms with Gasteiger partial charge in [-0.05, 0) is 36.5 Å². The molecular formula is C12H24. The highest BCUT2D eigenvalue weighted by molar-refractivity contribution is 4.82. The van der Waals surface area contributed by atoms with Gasteiger partial charge >= 0.3 is 0 Å². The molecule has 0 heteroatoms. The van der Waals surface area contributed by atoms with Crippen LogP contribution in [0.5, 0.6) is 0 Å². The molecule has 0 aromatic rings. The summed E-state index contributed by atoms with van der Waals surface area (Å²) in [5.41, 5.74) is 0.623. The fourth-order valence-electron chi connectivity index (χ4n) is 3.17. The van der Waals surface area contributed by atoms with E-state index in [1.807, 2.05) is 0 Å². The minimum absolute atomic E-state index is 0.623. The number of hydrogen-bond donors (Lipinski definition) is 0. The van der Waals surface area contributed by atoms with Gasteiger partial charge in [0.05, 0.1) is 0 Å². The van der Waals surface area contributed by atoms with Crippen molar-refractivity contribution in [2.24, 2.45) is 17.3 Å². The van der Waals surface area contributed by atoms with Crippen LogP contribution in [0.4, 0.5) is 0 Å². The molecule has 0 aliphatic heterocycles. The molecule has 0 radical (unpaired) electrons. The second-order valence-corrected chi connectivity index (χ2v) is 5.57. The first-order valence-electron chi connectivity index (χ1n) is 5.53. The highest BCUT2D eigenvalue weighted by Crippen LogP contribution is 2.42. The van der Waals surface area contributed by atoms with E-state index in [0.29, 0.717) is 5.41 Å². The van der Waals surface area contributed by atoms with Crippen LogP contribution >= 0.6 is 0 Å². The van der Waals surface area contributed by atoms with Crippen LogP contribution in [0.25, 0.3) is 0 Å². The normalized spacial score (nSPS) is 35.0. The van der Waals surface area contributed by atoms with Gasteiger partial charge in [-0.1, -0.05) is 40.5 Å². The van der Waals surface area contributed by atoms with Crippen molar-refractivity contribution in [3.05, 3.63) is 0 Å². The smallest absolute Gasteiger partial charge is 0.0349 e. The van der Waals surface area contributed by atoms with E-state index in [0.717, 1.165) is 11.8 Å². The minimum atomic E-state index is 0.623. The van der Waals surface area contributed by atoms with Crippen LogP contribution < -0.4 is 0 Å². The Kier molecular flexibility index (Phi) is 3.20. The molecule has 0 spiro atoms. The highest BCUT2D eigenvalue weighted by atomic mass is 14.4. The second-order valence-electron chi connectivity index (χ2n) is 5.57. The fourth-order valence-corrected chi connectivity index (χ4v) is 3.17. The van der Waals surface area contributed by atoms with Crippen molar-refractivity contribution in [1.82, 2.24) is 0 Å². The van der Waals surface area contributed by atoms with Crippen LogP contribution in [-0.2, 0) is 0 Å². The van der Waals surface area contributed by atoms with E-state index in [4.69, 9.17) is 0 Å². The predicted octanol–water partition coefficient (Wildman–Crippen LogP) is 4.25. The first kappa shape index (κ1) is 10.1. The molecule has 1 saturated carbocycles. The Morgan fingerprint density at radius 2 is 1.92 bits per heavy atom. The standard InChI is InChI=1S/C12H24/c1-5-6-11-7-10(2)8-12(3,4)9-11/h10-11H,5-9H2,1-4H3/t10-,11+/m1/s1. The summed E-state index contributed by atoms with van der Waals surface area (Å²) < 4.78 is 0. The van der Waals surface area contributed by atoms with E-state index in [1.54, 1.807) is 0 Å². The highest BCUT2D eigenvalue weighted by Gasteiger charge is 2.31. The summed E-state index contributed by atoms with van der Waals surface area (Å²) >= 11 is 0. The Balaban J connectivity index is 2.46. The maximum Gasteiger partial charge on any atom is -0.0349 e. The first-order valence-corrected chi connectivity index (χ1v) is 5.53. The molecule has 0 saturated heterocycles. The Morgan fingerprint density at radius 3 is 2.42 bits per heavy atom. The van der Waals surface area contributed by atoms with Crippen LogP contribution in [0, 0.1) is 17.3 Å². The van der Waals surface area contributed by atoms with Crippen molar-refractivity contribution in [3.63, 3.8) is 0 Å². The van der Waals surface area contributed by atoms with Crippen molar-refractivity contribution >= 4 is 0 Å². The van der Waals surface area contributed by atoms with Crippen molar-refractivity contribution < 1.29 is 0 Å². The Labute approximate surface area is 77.7 Å². The molecule has 1 aliphatic rings. The molecule has 12 heavy (non-hydrogen) atoms. The van der Waals surface area contributed by atoms with Gasteiger partial charge in [-0.2, -0.15) is 0 Å². The zero-order chi connectivity index (χ0) is 9.19. The fraction of sp³-hybridized carbons (Fsp3) is 1.00. The van der Waals surface area contributed by atoms with Gasteiger partial charge in [0.25, 0.3) is 0 Å². The summed E-state index contributed by atoms with van der Waals surface area (Å²) in [5, 5.41) is 0. The third-order valence-corrected chi connectivity index (χ3v) is 3.17. The molecule has 0 aromatic heterocycles. The predicted molar refractivity (Wildman–Crippen MR) is 55.2 cm³/mol. The van der Waals surface area contributed by atoms with Gasteiger partial charge < -0.3 is 0 Å².